The average Bonchev–Trinajstić information content (AvgIpc) is 2.18. The van der Waals surface area contributed by atoms with Gasteiger partial charge in [0, 0.05) is 12.5 Å². The highest BCUT2D eigenvalue weighted by molar-refractivity contribution is 5.76. The van der Waals surface area contributed by atoms with Crippen LogP contribution in [0.5, 0.6) is 11.5 Å². The molecule has 0 saturated carbocycles. The second kappa shape index (κ2) is 5.11. The number of hydrogen-bond acceptors (Lipinski definition) is 3. The molecule has 0 saturated heterocycles. The average molecular weight is 194 g/mol. The van der Waals surface area contributed by atoms with E-state index in [1.165, 1.54) is 0 Å². The Morgan fingerprint density at radius 3 is 2.79 bits per heavy atom. The summed E-state index contributed by atoms with van der Waals surface area (Å²) in [6.45, 7) is 0.419. The Morgan fingerprint density at radius 2 is 2.14 bits per heavy atom. The fraction of sp³-hybridized carbons (Fsp3) is 0.300. The SMILES string of the molecule is COc1cccc(OCCC(=N)N)c1. The number of amidine groups is 1. The van der Waals surface area contributed by atoms with Crippen molar-refractivity contribution in [2.45, 2.75) is 6.42 Å². The molecule has 0 amide bonds. The van der Waals surface area contributed by atoms with Crippen molar-refractivity contribution < 1.29 is 9.47 Å². The molecule has 0 unspecified atom stereocenters. The first-order chi connectivity index (χ1) is 6.72. The third-order valence-electron chi connectivity index (χ3n) is 1.68. The second-order valence-electron chi connectivity index (χ2n) is 2.80. The summed E-state index contributed by atoms with van der Waals surface area (Å²) >= 11 is 0. The van der Waals surface area contributed by atoms with Crippen LogP contribution in [0.4, 0.5) is 0 Å². The van der Waals surface area contributed by atoms with Crippen molar-refractivity contribution >= 4 is 5.84 Å². The van der Waals surface area contributed by atoms with Crippen molar-refractivity contribution in [1.82, 2.24) is 0 Å². The summed E-state index contributed by atoms with van der Waals surface area (Å²) in [5.74, 6) is 1.61. The van der Waals surface area contributed by atoms with Crippen molar-refractivity contribution in [1.29, 1.82) is 5.41 Å². The molecule has 0 fully saturated rings. The Labute approximate surface area is 83.1 Å². The van der Waals surface area contributed by atoms with Gasteiger partial charge in [0.2, 0.25) is 0 Å². The summed E-state index contributed by atoms with van der Waals surface area (Å²) in [4.78, 5) is 0. The van der Waals surface area contributed by atoms with Crippen molar-refractivity contribution in [3.63, 3.8) is 0 Å². The summed E-state index contributed by atoms with van der Waals surface area (Å²) in [7, 11) is 1.61. The first-order valence-corrected chi connectivity index (χ1v) is 4.32. The molecule has 4 heteroatoms. The van der Waals surface area contributed by atoms with E-state index in [9.17, 15) is 0 Å². The summed E-state index contributed by atoms with van der Waals surface area (Å²) in [5, 5.41) is 7.01. The van der Waals surface area contributed by atoms with Crippen LogP contribution in [0.3, 0.4) is 0 Å². The molecule has 0 aliphatic rings. The van der Waals surface area contributed by atoms with Gasteiger partial charge in [-0.05, 0) is 12.1 Å². The smallest absolute Gasteiger partial charge is 0.123 e. The minimum absolute atomic E-state index is 0.132. The molecule has 14 heavy (non-hydrogen) atoms. The van der Waals surface area contributed by atoms with Gasteiger partial charge in [0.25, 0.3) is 0 Å². The second-order valence-corrected chi connectivity index (χ2v) is 2.80. The van der Waals surface area contributed by atoms with E-state index in [2.05, 4.69) is 0 Å². The zero-order valence-corrected chi connectivity index (χ0v) is 8.12. The predicted molar refractivity (Wildman–Crippen MR) is 55.0 cm³/mol. The van der Waals surface area contributed by atoms with E-state index in [-0.39, 0.29) is 5.84 Å². The van der Waals surface area contributed by atoms with Crippen LogP contribution in [0.15, 0.2) is 24.3 Å². The van der Waals surface area contributed by atoms with Gasteiger partial charge in [0.15, 0.2) is 0 Å². The highest BCUT2D eigenvalue weighted by Gasteiger charge is 1.96. The van der Waals surface area contributed by atoms with Gasteiger partial charge in [-0.15, -0.1) is 0 Å². The molecule has 1 rings (SSSR count). The number of rotatable bonds is 5. The maximum absolute atomic E-state index is 7.01. The number of methoxy groups -OCH3 is 1. The van der Waals surface area contributed by atoms with Crippen LogP contribution in [-0.4, -0.2) is 19.6 Å². The molecule has 76 valence electrons. The number of benzene rings is 1. The van der Waals surface area contributed by atoms with Crippen LogP contribution < -0.4 is 15.2 Å². The molecule has 1 aromatic rings. The zero-order valence-electron chi connectivity index (χ0n) is 8.12. The van der Waals surface area contributed by atoms with Crippen molar-refractivity contribution in [3.05, 3.63) is 24.3 Å². The number of ether oxygens (including phenoxy) is 2. The maximum Gasteiger partial charge on any atom is 0.123 e. The first-order valence-electron chi connectivity index (χ1n) is 4.32. The van der Waals surface area contributed by atoms with E-state index in [1.54, 1.807) is 13.2 Å². The van der Waals surface area contributed by atoms with Gasteiger partial charge in [-0.1, -0.05) is 6.07 Å². The van der Waals surface area contributed by atoms with Crippen LogP contribution in [-0.2, 0) is 0 Å². The summed E-state index contributed by atoms with van der Waals surface area (Å²) in [6.07, 6.45) is 0.442. The first kappa shape index (κ1) is 10.4. The Kier molecular flexibility index (Phi) is 3.79. The minimum Gasteiger partial charge on any atom is -0.497 e. The molecule has 3 N–H and O–H groups in total. The van der Waals surface area contributed by atoms with E-state index >= 15 is 0 Å². The van der Waals surface area contributed by atoms with E-state index in [0.717, 1.165) is 11.5 Å². The molecular formula is C10H14N2O2. The third-order valence-corrected chi connectivity index (χ3v) is 1.68. The molecule has 0 atom stereocenters. The lowest BCUT2D eigenvalue weighted by atomic mass is 10.3. The Balaban J connectivity index is 2.46. The maximum atomic E-state index is 7.01. The minimum atomic E-state index is 0.132. The molecule has 0 aliphatic heterocycles. The van der Waals surface area contributed by atoms with Gasteiger partial charge >= 0.3 is 0 Å². The summed E-state index contributed by atoms with van der Waals surface area (Å²) < 4.78 is 10.4. The molecule has 0 spiro atoms. The van der Waals surface area contributed by atoms with Gasteiger partial charge < -0.3 is 15.2 Å². The molecule has 0 radical (unpaired) electrons. The van der Waals surface area contributed by atoms with E-state index < -0.39 is 0 Å². The largest absolute Gasteiger partial charge is 0.497 e. The number of hydrogen-bond donors (Lipinski definition) is 2. The highest BCUT2D eigenvalue weighted by Crippen LogP contribution is 2.18. The Morgan fingerprint density at radius 1 is 1.43 bits per heavy atom. The molecule has 0 aliphatic carbocycles. The van der Waals surface area contributed by atoms with Crippen LogP contribution >= 0.6 is 0 Å². The standard InChI is InChI=1S/C10H14N2O2/c1-13-8-3-2-4-9(7-8)14-6-5-10(11)12/h2-4,7H,5-6H2,1H3,(H3,11,12). The summed E-state index contributed by atoms with van der Waals surface area (Å²) in [6, 6.07) is 7.32. The topological polar surface area (TPSA) is 68.3 Å². The monoisotopic (exact) mass is 194 g/mol. The van der Waals surface area contributed by atoms with E-state index in [1.807, 2.05) is 18.2 Å². The van der Waals surface area contributed by atoms with Crippen molar-refractivity contribution in [3.8, 4) is 11.5 Å². The number of nitrogens with one attached hydrogen (secondary N) is 1. The molecule has 0 heterocycles. The molecule has 1 aromatic carbocycles. The van der Waals surface area contributed by atoms with Gasteiger partial charge in [0.1, 0.15) is 11.5 Å². The molecular weight excluding hydrogens is 180 g/mol. The lowest BCUT2D eigenvalue weighted by Crippen LogP contribution is -2.13. The number of nitrogens with two attached hydrogens (primary N) is 1. The zero-order chi connectivity index (χ0) is 10.4. The van der Waals surface area contributed by atoms with Crippen LogP contribution in [0.25, 0.3) is 0 Å². The lowest BCUT2D eigenvalue weighted by Gasteiger charge is -2.06. The van der Waals surface area contributed by atoms with Gasteiger partial charge in [-0.3, -0.25) is 5.41 Å². The van der Waals surface area contributed by atoms with Crippen LogP contribution in [0.2, 0.25) is 0 Å². The quantitative estimate of drug-likeness (QED) is 0.550. The predicted octanol–water partition coefficient (Wildman–Crippen LogP) is 1.40. The van der Waals surface area contributed by atoms with E-state index in [4.69, 9.17) is 20.6 Å². The van der Waals surface area contributed by atoms with Crippen LogP contribution in [0.1, 0.15) is 6.42 Å². The van der Waals surface area contributed by atoms with Crippen molar-refractivity contribution in [2.75, 3.05) is 13.7 Å². The third kappa shape index (κ3) is 3.35. The van der Waals surface area contributed by atoms with E-state index in [0.29, 0.717) is 13.0 Å². The fourth-order valence-electron chi connectivity index (χ4n) is 0.970. The Bertz CT molecular complexity index is 313. The fourth-order valence-corrected chi connectivity index (χ4v) is 0.970. The normalized spacial score (nSPS) is 9.50. The van der Waals surface area contributed by atoms with Crippen LogP contribution in [0, 0.1) is 5.41 Å². The van der Waals surface area contributed by atoms with Gasteiger partial charge in [-0.2, -0.15) is 0 Å². The summed E-state index contributed by atoms with van der Waals surface area (Å²) in [5.41, 5.74) is 5.19. The van der Waals surface area contributed by atoms with Gasteiger partial charge in [-0.25, -0.2) is 0 Å². The molecule has 0 aromatic heterocycles. The molecule has 0 bridgehead atoms. The highest BCUT2D eigenvalue weighted by atomic mass is 16.5. The lowest BCUT2D eigenvalue weighted by molar-refractivity contribution is 0.325. The molecule has 4 nitrogen and oxygen atoms in total. The van der Waals surface area contributed by atoms with Crippen molar-refractivity contribution in [2.24, 2.45) is 5.73 Å². The Hall–Kier alpha value is -1.71. The van der Waals surface area contributed by atoms with Gasteiger partial charge in [0.05, 0.1) is 19.6 Å².